The van der Waals surface area contributed by atoms with E-state index < -0.39 is 0 Å². The van der Waals surface area contributed by atoms with Gasteiger partial charge in [0.2, 0.25) is 0 Å². The molecule has 1 atom stereocenters. The summed E-state index contributed by atoms with van der Waals surface area (Å²) >= 11 is 8.01. The molecule has 0 fully saturated rings. The van der Waals surface area contributed by atoms with Crippen molar-refractivity contribution in [1.29, 1.82) is 0 Å². The molecule has 1 N–H and O–H groups in total. The van der Waals surface area contributed by atoms with Gasteiger partial charge in [0.1, 0.15) is 6.17 Å². The van der Waals surface area contributed by atoms with E-state index in [1.807, 2.05) is 56.6 Å². The molecule has 0 saturated carbocycles. The summed E-state index contributed by atoms with van der Waals surface area (Å²) in [7, 11) is 4.07. The van der Waals surface area contributed by atoms with E-state index in [4.69, 9.17) is 16.6 Å². The molecular formula is C23H31ClN4S. The fourth-order valence-electron chi connectivity index (χ4n) is 2.91. The van der Waals surface area contributed by atoms with Crippen LogP contribution in [0.15, 0.2) is 66.2 Å². The summed E-state index contributed by atoms with van der Waals surface area (Å²) in [5.74, 6) is 0.878. The van der Waals surface area contributed by atoms with Gasteiger partial charge in [-0.15, -0.1) is 6.58 Å². The van der Waals surface area contributed by atoms with Crippen molar-refractivity contribution in [3.05, 3.63) is 77.3 Å². The third kappa shape index (κ3) is 7.19. The van der Waals surface area contributed by atoms with E-state index >= 15 is 0 Å². The Morgan fingerprint density at radius 2 is 1.97 bits per heavy atom. The molecular weight excluding hydrogens is 400 g/mol. The molecule has 0 aliphatic heterocycles. The molecule has 0 heterocycles. The fraction of sp³-hybridized carbons (Fsp3) is 0.348. The van der Waals surface area contributed by atoms with E-state index in [0.717, 1.165) is 41.5 Å². The maximum Gasteiger partial charge on any atom is 0.106 e. The first-order chi connectivity index (χ1) is 14.0. The van der Waals surface area contributed by atoms with Crippen LogP contribution in [0.3, 0.4) is 0 Å². The summed E-state index contributed by atoms with van der Waals surface area (Å²) < 4.78 is 3.45. The minimum Gasteiger partial charge on any atom is -0.377 e. The van der Waals surface area contributed by atoms with Crippen molar-refractivity contribution in [3.8, 4) is 0 Å². The highest BCUT2D eigenvalue weighted by molar-refractivity contribution is 7.97. The summed E-state index contributed by atoms with van der Waals surface area (Å²) in [5.41, 5.74) is 4.10. The van der Waals surface area contributed by atoms with Crippen molar-refractivity contribution in [1.82, 2.24) is 9.62 Å². The first kappa shape index (κ1) is 23.5. The van der Waals surface area contributed by atoms with Gasteiger partial charge in [-0.3, -0.25) is 9.89 Å². The third-order valence-electron chi connectivity index (χ3n) is 4.40. The fourth-order valence-corrected chi connectivity index (χ4v) is 3.92. The van der Waals surface area contributed by atoms with Crippen molar-refractivity contribution in [3.63, 3.8) is 0 Å². The Hall–Kier alpha value is -1.79. The van der Waals surface area contributed by atoms with Crippen LogP contribution in [-0.4, -0.2) is 49.8 Å². The molecule has 0 spiro atoms. The van der Waals surface area contributed by atoms with Gasteiger partial charge in [0, 0.05) is 42.5 Å². The average molecular weight is 431 g/mol. The average Bonchev–Trinajstić information content (AvgIpc) is 2.71. The van der Waals surface area contributed by atoms with Gasteiger partial charge in [0.05, 0.1) is 11.6 Å². The Balaban J connectivity index is 2.30. The van der Waals surface area contributed by atoms with Crippen LogP contribution in [0, 0.1) is 0 Å². The lowest BCUT2D eigenvalue weighted by atomic mass is 10.00. The second-order valence-corrected chi connectivity index (χ2v) is 8.14. The van der Waals surface area contributed by atoms with Gasteiger partial charge in [0.25, 0.3) is 0 Å². The zero-order valence-electron chi connectivity index (χ0n) is 17.7. The minimum atomic E-state index is -0.0633. The van der Waals surface area contributed by atoms with Crippen molar-refractivity contribution >= 4 is 34.9 Å². The molecule has 1 unspecified atom stereocenters. The third-order valence-corrected chi connectivity index (χ3v) is 5.64. The van der Waals surface area contributed by atoms with Crippen LogP contribution in [0.4, 0.5) is 5.69 Å². The van der Waals surface area contributed by atoms with E-state index in [2.05, 4.69) is 47.1 Å². The van der Waals surface area contributed by atoms with Gasteiger partial charge >= 0.3 is 0 Å². The molecule has 29 heavy (non-hydrogen) atoms. The van der Waals surface area contributed by atoms with Gasteiger partial charge in [-0.05, 0) is 31.7 Å². The zero-order chi connectivity index (χ0) is 21.2. The molecule has 0 bridgehead atoms. The van der Waals surface area contributed by atoms with Crippen LogP contribution in [0.1, 0.15) is 25.0 Å². The van der Waals surface area contributed by atoms with Crippen molar-refractivity contribution in [2.75, 3.05) is 38.0 Å². The Morgan fingerprint density at radius 3 is 2.59 bits per heavy atom. The Kier molecular flexibility index (Phi) is 9.74. The highest BCUT2D eigenvalue weighted by atomic mass is 35.5. The molecule has 0 aromatic heterocycles. The molecule has 0 saturated heterocycles. The smallest absolute Gasteiger partial charge is 0.106 e. The normalized spacial score (nSPS) is 12.8. The zero-order valence-corrected chi connectivity index (χ0v) is 19.3. The van der Waals surface area contributed by atoms with Crippen molar-refractivity contribution in [2.24, 2.45) is 4.99 Å². The van der Waals surface area contributed by atoms with Crippen LogP contribution in [0.5, 0.6) is 0 Å². The lowest BCUT2D eigenvalue weighted by molar-refractivity contribution is 0.376. The van der Waals surface area contributed by atoms with Gasteiger partial charge in [-0.2, -0.15) is 0 Å². The largest absolute Gasteiger partial charge is 0.377 e. The SMILES string of the molecule is C=CCN(CC)CSNC(C)/N=C(/c1ccccc1)c1cc(Cl)ccc1N(C)C. The summed E-state index contributed by atoms with van der Waals surface area (Å²) in [6.07, 6.45) is 1.87. The predicted molar refractivity (Wildman–Crippen MR) is 130 cm³/mol. The van der Waals surface area contributed by atoms with Gasteiger partial charge in [0.15, 0.2) is 0 Å². The topological polar surface area (TPSA) is 30.9 Å². The molecule has 6 heteroatoms. The quantitative estimate of drug-likeness (QED) is 0.227. The second-order valence-electron chi connectivity index (χ2n) is 6.93. The lowest BCUT2D eigenvalue weighted by Crippen LogP contribution is -2.27. The molecule has 156 valence electrons. The highest BCUT2D eigenvalue weighted by Crippen LogP contribution is 2.26. The minimum absolute atomic E-state index is 0.0633. The number of aliphatic imine (C=N–C) groups is 1. The van der Waals surface area contributed by atoms with E-state index in [-0.39, 0.29) is 6.17 Å². The van der Waals surface area contributed by atoms with Crippen LogP contribution >= 0.6 is 23.5 Å². The van der Waals surface area contributed by atoms with E-state index in [1.165, 1.54) is 0 Å². The number of hydrogen-bond donors (Lipinski definition) is 1. The summed E-state index contributed by atoms with van der Waals surface area (Å²) in [6.45, 7) is 9.91. The van der Waals surface area contributed by atoms with E-state index in [9.17, 15) is 0 Å². The molecule has 0 aliphatic rings. The first-order valence-electron chi connectivity index (χ1n) is 9.77. The number of rotatable bonds is 11. The number of anilines is 1. The Labute approximate surface area is 184 Å². The van der Waals surface area contributed by atoms with Gasteiger partial charge in [-0.1, -0.05) is 66.9 Å². The van der Waals surface area contributed by atoms with Crippen LogP contribution in [-0.2, 0) is 0 Å². The van der Waals surface area contributed by atoms with E-state index in [1.54, 1.807) is 11.9 Å². The molecule has 0 amide bonds. The standard InChI is InChI=1S/C23H31ClN4S/c1-6-15-28(7-2)17-29-26-18(3)25-23(19-11-9-8-10-12-19)21-16-20(24)13-14-22(21)27(4)5/h6,8-14,16,18,26H,1,7,15,17H2,2-5H3/b25-23-. The van der Waals surface area contributed by atoms with Crippen molar-refractivity contribution < 1.29 is 0 Å². The number of likely N-dealkylation sites (N-methyl/N-ethyl adjacent to an activating group) is 1. The number of hydrogen-bond acceptors (Lipinski definition) is 5. The monoisotopic (exact) mass is 430 g/mol. The van der Waals surface area contributed by atoms with Gasteiger partial charge in [-0.25, -0.2) is 4.72 Å². The molecule has 0 radical (unpaired) electrons. The number of benzene rings is 2. The highest BCUT2D eigenvalue weighted by Gasteiger charge is 2.15. The number of halogens is 1. The Bertz CT molecular complexity index is 808. The van der Waals surface area contributed by atoms with Crippen LogP contribution in [0.25, 0.3) is 0 Å². The molecule has 0 aliphatic carbocycles. The number of nitrogens with one attached hydrogen (secondary N) is 1. The lowest BCUT2D eigenvalue weighted by Gasteiger charge is -2.21. The summed E-state index contributed by atoms with van der Waals surface area (Å²) in [5, 5.41) is 0.701. The summed E-state index contributed by atoms with van der Waals surface area (Å²) in [4.78, 5) is 9.43. The molecule has 2 aromatic rings. The van der Waals surface area contributed by atoms with Crippen LogP contribution < -0.4 is 9.62 Å². The van der Waals surface area contributed by atoms with Crippen molar-refractivity contribution in [2.45, 2.75) is 20.0 Å². The summed E-state index contributed by atoms with van der Waals surface area (Å²) in [6, 6.07) is 16.2. The molecule has 4 nitrogen and oxygen atoms in total. The predicted octanol–water partition coefficient (Wildman–Crippen LogP) is 5.29. The maximum absolute atomic E-state index is 6.35. The Morgan fingerprint density at radius 1 is 1.24 bits per heavy atom. The molecule has 2 aromatic carbocycles. The van der Waals surface area contributed by atoms with E-state index in [0.29, 0.717) is 5.02 Å². The van der Waals surface area contributed by atoms with Gasteiger partial charge < -0.3 is 4.90 Å². The number of nitrogens with zero attached hydrogens (tertiary/aromatic N) is 3. The first-order valence-corrected chi connectivity index (χ1v) is 11.1. The second kappa shape index (κ2) is 12.0. The molecule has 2 rings (SSSR count). The van der Waals surface area contributed by atoms with Crippen LogP contribution in [0.2, 0.25) is 5.02 Å². The maximum atomic E-state index is 6.35.